The molecular weight excluding hydrogens is 308 g/mol. The van der Waals surface area contributed by atoms with Crippen molar-refractivity contribution in [3.05, 3.63) is 29.3 Å². The Morgan fingerprint density at radius 3 is 2.52 bits per heavy atom. The molecule has 2 aliphatic rings. The molecule has 4 heteroatoms. The standard InChI is InChI=1S/C19H27ClN2O/c20-17-7-4-8-18(15-17)21-11-13-22(14-12-21)19(23)10-9-16-5-2-1-3-6-16/h4,7-8,15-16H,1-3,5-6,9-14H2. The van der Waals surface area contributed by atoms with Crippen LogP contribution in [0, 0.1) is 5.92 Å². The molecule has 1 saturated heterocycles. The Morgan fingerprint density at radius 2 is 1.83 bits per heavy atom. The first-order valence-corrected chi connectivity index (χ1v) is 9.38. The van der Waals surface area contributed by atoms with Crippen molar-refractivity contribution in [2.45, 2.75) is 44.9 Å². The SMILES string of the molecule is O=C(CCC1CCCCC1)N1CCN(c2cccc(Cl)c2)CC1. The summed E-state index contributed by atoms with van der Waals surface area (Å²) >= 11 is 6.07. The Balaban J connectivity index is 1.43. The summed E-state index contributed by atoms with van der Waals surface area (Å²) in [5.41, 5.74) is 1.16. The molecule has 1 aliphatic carbocycles. The Labute approximate surface area is 144 Å². The number of hydrogen-bond donors (Lipinski definition) is 0. The summed E-state index contributed by atoms with van der Waals surface area (Å²) in [5.74, 6) is 1.14. The van der Waals surface area contributed by atoms with Gasteiger partial charge < -0.3 is 9.80 Å². The van der Waals surface area contributed by atoms with Crippen molar-refractivity contribution in [3.8, 4) is 0 Å². The van der Waals surface area contributed by atoms with Gasteiger partial charge in [-0.3, -0.25) is 4.79 Å². The van der Waals surface area contributed by atoms with Crippen LogP contribution in [0.15, 0.2) is 24.3 Å². The highest BCUT2D eigenvalue weighted by Gasteiger charge is 2.22. The molecule has 0 aromatic heterocycles. The predicted molar refractivity (Wildman–Crippen MR) is 96.1 cm³/mol. The maximum Gasteiger partial charge on any atom is 0.222 e. The number of halogens is 1. The second-order valence-corrected chi connectivity index (χ2v) is 7.33. The van der Waals surface area contributed by atoms with Crippen molar-refractivity contribution in [2.75, 3.05) is 31.1 Å². The quantitative estimate of drug-likeness (QED) is 0.817. The first-order chi connectivity index (χ1) is 11.2. The van der Waals surface area contributed by atoms with Gasteiger partial charge in [0.2, 0.25) is 5.91 Å². The van der Waals surface area contributed by atoms with E-state index in [-0.39, 0.29) is 0 Å². The first kappa shape index (κ1) is 16.6. The van der Waals surface area contributed by atoms with E-state index in [4.69, 9.17) is 11.6 Å². The van der Waals surface area contributed by atoms with E-state index in [0.717, 1.165) is 55.6 Å². The molecule has 0 spiro atoms. The zero-order valence-corrected chi connectivity index (χ0v) is 14.6. The summed E-state index contributed by atoms with van der Waals surface area (Å²) in [6.45, 7) is 3.46. The maximum absolute atomic E-state index is 12.4. The number of benzene rings is 1. The van der Waals surface area contributed by atoms with Crippen molar-refractivity contribution in [1.29, 1.82) is 0 Å². The number of piperazine rings is 1. The van der Waals surface area contributed by atoms with Crippen LogP contribution in [0.3, 0.4) is 0 Å². The average molecular weight is 335 g/mol. The van der Waals surface area contributed by atoms with Crippen LogP contribution in [0.2, 0.25) is 5.02 Å². The number of rotatable bonds is 4. The Hall–Kier alpha value is -1.22. The maximum atomic E-state index is 12.4. The van der Waals surface area contributed by atoms with Crippen LogP contribution < -0.4 is 4.90 Å². The average Bonchev–Trinajstić information content (AvgIpc) is 2.61. The fourth-order valence-electron chi connectivity index (χ4n) is 3.85. The molecular formula is C19H27ClN2O. The summed E-state index contributed by atoms with van der Waals surface area (Å²) in [4.78, 5) is 16.8. The van der Waals surface area contributed by atoms with E-state index in [9.17, 15) is 4.79 Å². The van der Waals surface area contributed by atoms with Gasteiger partial charge >= 0.3 is 0 Å². The third kappa shape index (κ3) is 4.63. The van der Waals surface area contributed by atoms with Crippen molar-refractivity contribution in [3.63, 3.8) is 0 Å². The Morgan fingerprint density at radius 1 is 1.09 bits per heavy atom. The molecule has 2 fully saturated rings. The van der Waals surface area contributed by atoms with E-state index in [1.165, 1.54) is 32.1 Å². The molecule has 23 heavy (non-hydrogen) atoms. The monoisotopic (exact) mass is 334 g/mol. The molecule has 0 atom stereocenters. The van der Waals surface area contributed by atoms with Gasteiger partial charge in [-0.05, 0) is 30.5 Å². The highest BCUT2D eigenvalue weighted by atomic mass is 35.5. The zero-order chi connectivity index (χ0) is 16.1. The van der Waals surface area contributed by atoms with E-state index in [2.05, 4.69) is 11.0 Å². The number of carbonyl (C=O) groups is 1. The minimum absolute atomic E-state index is 0.348. The Kier molecular flexibility index (Phi) is 5.82. The molecule has 1 aliphatic heterocycles. The number of amides is 1. The molecule has 0 radical (unpaired) electrons. The van der Waals surface area contributed by atoms with Gasteiger partial charge in [-0.2, -0.15) is 0 Å². The van der Waals surface area contributed by atoms with Gasteiger partial charge in [0.25, 0.3) is 0 Å². The molecule has 0 N–H and O–H groups in total. The molecule has 126 valence electrons. The van der Waals surface area contributed by atoms with E-state index < -0.39 is 0 Å². The molecule has 1 saturated carbocycles. The minimum Gasteiger partial charge on any atom is -0.368 e. The number of nitrogens with zero attached hydrogens (tertiary/aromatic N) is 2. The van der Waals surface area contributed by atoms with Crippen LogP contribution in [0.5, 0.6) is 0 Å². The molecule has 1 heterocycles. The second kappa shape index (κ2) is 8.05. The summed E-state index contributed by atoms with van der Waals surface area (Å²) in [5, 5.41) is 0.772. The van der Waals surface area contributed by atoms with Gasteiger partial charge in [0, 0.05) is 43.3 Å². The number of anilines is 1. The van der Waals surface area contributed by atoms with Gasteiger partial charge in [-0.15, -0.1) is 0 Å². The van der Waals surface area contributed by atoms with E-state index in [0.29, 0.717) is 5.91 Å². The first-order valence-electron chi connectivity index (χ1n) is 9.00. The van der Waals surface area contributed by atoms with Crippen LogP contribution in [-0.2, 0) is 4.79 Å². The largest absolute Gasteiger partial charge is 0.368 e. The topological polar surface area (TPSA) is 23.6 Å². The predicted octanol–water partition coefficient (Wildman–Crippen LogP) is 4.35. The summed E-state index contributed by atoms with van der Waals surface area (Å²) < 4.78 is 0. The zero-order valence-electron chi connectivity index (χ0n) is 13.8. The third-order valence-electron chi connectivity index (χ3n) is 5.30. The minimum atomic E-state index is 0.348. The molecule has 1 aromatic carbocycles. The van der Waals surface area contributed by atoms with Crippen molar-refractivity contribution >= 4 is 23.2 Å². The summed E-state index contributed by atoms with van der Waals surface area (Å²) in [6, 6.07) is 7.98. The lowest BCUT2D eigenvalue weighted by Crippen LogP contribution is -2.48. The smallest absolute Gasteiger partial charge is 0.222 e. The number of carbonyl (C=O) groups excluding carboxylic acids is 1. The fraction of sp³-hybridized carbons (Fsp3) is 0.632. The fourth-order valence-corrected chi connectivity index (χ4v) is 4.03. The van der Waals surface area contributed by atoms with Crippen molar-refractivity contribution < 1.29 is 4.79 Å². The van der Waals surface area contributed by atoms with Crippen LogP contribution >= 0.6 is 11.6 Å². The van der Waals surface area contributed by atoms with E-state index >= 15 is 0 Å². The van der Waals surface area contributed by atoms with Gasteiger partial charge in [0.1, 0.15) is 0 Å². The highest BCUT2D eigenvalue weighted by molar-refractivity contribution is 6.30. The molecule has 0 bridgehead atoms. The van der Waals surface area contributed by atoms with Crippen LogP contribution in [-0.4, -0.2) is 37.0 Å². The van der Waals surface area contributed by atoms with Crippen LogP contribution in [0.1, 0.15) is 44.9 Å². The number of hydrogen-bond acceptors (Lipinski definition) is 2. The van der Waals surface area contributed by atoms with Gasteiger partial charge in [0.15, 0.2) is 0 Å². The Bertz CT molecular complexity index is 520. The molecule has 3 nitrogen and oxygen atoms in total. The van der Waals surface area contributed by atoms with E-state index in [1.807, 2.05) is 23.1 Å². The molecule has 0 unspecified atom stereocenters. The van der Waals surface area contributed by atoms with Crippen molar-refractivity contribution in [1.82, 2.24) is 4.90 Å². The van der Waals surface area contributed by atoms with Gasteiger partial charge in [0.05, 0.1) is 0 Å². The molecule has 1 amide bonds. The lowest BCUT2D eigenvalue weighted by Gasteiger charge is -2.36. The lowest BCUT2D eigenvalue weighted by molar-refractivity contribution is -0.131. The highest BCUT2D eigenvalue weighted by Crippen LogP contribution is 2.27. The summed E-state index contributed by atoms with van der Waals surface area (Å²) in [6.07, 6.45) is 8.59. The van der Waals surface area contributed by atoms with Crippen LogP contribution in [0.25, 0.3) is 0 Å². The normalized spacial score (nSPS) is 19.9. The third-order valence-corrected chi connectivity index (χ3v) is 5.53. The second-order valence-electron chi connectivity index (χ2n) is 6.89. The lowest BCUT2D eigenvalue weighted by atomic mass is 9.86. The van der Waals surface area contributed by atoms with E-state index in [1.54, 1.807) is 0 Å². The van der Waals surface area contributed by atoms with Gasteiger partial charge in [-0.25, -0.2) is 0 Å². The molecule has 1 aromatic rings. The molecule has 3 rings (SSSR count). The van der Waals surface area contributed by atoms with Crippen molar-refractivity contribution in [2.24, 2.45) is 5.92 Å². The van der Waals surface area contributed by atoms with Gasteiger partial charge in [-0.1, -0.05) is 49.8 Å². The summed E-state index contributed by atoms with van der Waals surface area (Å²) in [7, 11) is 0. The van der Waals surface area contributed by atoms with Crippen LogP contribution in [0.4, 0.5) is 5.69 Å².